The second kappa shape index (κ2) is 7.13. The molecule has 1 aromatic rings. The summed E-state index contributed by atoms with van der Waals surface area (Å²) in [6, 6.07) is 7.33. The lowest BCUT2D eigenvalue weighted by Crippen LogP contribution is -2.03. The molecule has 1 aromatic carbocycles. The average Bonchev–Trinajstić information content (AvgIpc) is 2.22. The van der Waals surface area contributed by atoms with Crippen molar-refractivity contribution in [2.75, 3.05) is 6.61 Å². The summed E-state index contributed by atoms with van der Waals surface area (Å²) in [7, 11) is 0. The van der Waals surface area contributed by atoms with E-state index < -0.39 is 0 Å². The SMILES string of the molecule is CC.CCOC(=O)c1ccc(C)cc1. The maximum Gasteiger partial charge on any atom is 0.338 e. The van der Waals surface area contributed by atoms with E-state index in [1.807, 2.05) is 32.9 Å². The van der Waals surface area contributed by atoms with Crippen LogP contribution in [0.1, 0.15) is 36.7 Å². The lowest BCUT2D eigenvalue weighted by molar-refractivity contribution is 0.0526. The molecule has 0 bridgehead atoms. The van der Waals surface area contributed by atoms with Crippen LogP contribution >= 0.6 is 0 Å². The fourth-order valence-corrected chi connectivity index (χ4v) is 0.904. The Kier molecular flexibility index (Phi) is 6.46. The number of hydrogen-bond acceptors (Lipinski definition) is 2. The van der Waals surface area contributed by atoms with Gasteiger partial charge in [0.05, 0.1) is 12.2 Å². The molecule has 2 nitrogen and oxygen atoms in total. The lowest BCUT2D eigenvalue weighted by atomic mass is 10.1. The van der Waals surface area contributed by atoms with Gasteiger partial charge in [-0.05, 0) is 26.0 Å². The third-order valence-corrected chi connectivity index (χ3v) is 1.56. The zero-order chi connectivity index (χ0) is 11.0. The number of hydrogen-bond donors (Lipinski definition) is 0. The predicted octanol–water partition coefficient (Wildman–Crippen LogP) is 3.20. The van der Waals surface area contributed by atoms with Crippen molar-refractivity contribution in [2.45, 2.75) is 27.7 Å². The van der Waals surface area contributed by atoms with Crippen LogP contribution in [0.25, 0.3) is 0 Å². The molecule has 0 fully saturated rings. The molecule has 0 N–H and O–H groups in total. The van der Waals surface area contributed by atoms with Crippen molar-refractivity contribution in [1.29, 1.82) is 0 Å². The summed E-state index contributed by atoms with van der Waals surface area (Å²) in [5, 5.41) is 0. The van der Waals surface area contributed by atoms with Gasteiger partial charge in [-0.15, -0.1) is 0 Å². The summed E-state index contributed by atoms with van der Waals surface area (Å²) in [6.07, 6.45) is 0. The molecule has 0 unspecified atom stereocenters. The molecule has 78 valence electrons. The van der Waals surface area contributed by atoms with Crippen molar-refractivity contribution in [2.24, 2.45) is 0 Å². The molecule has 1 rings (SSSR count). The highest BCUT2D eigenvalue weighted by Gasteiger charge is 2.03. The number of carbonyl (C=O) groups excluding carboxylic acids is 1. The summed E-state index contributed by atoms with van der Waals surface area (Å²) in [5.41, 5.74) is 1.76. The minimum absolute atomic E-state index is 0.252. The van der Waals surface area contributed by atoms with Gasteiger partial charge in [-0.2, -0.15) is 0 Å². The van der Waals surface area contributed by atoms with E-state index in [1.54, 1.807) is 19.1 Å². The summed E-state index contributed by atoms with van der Waals surface area (Å²) in [4.78, 5) is 11.1. The molecule has 0 aromatic heterocycles. The maximum atomic E-state index is 11.1. The Labute approximate surface area is 85.9 Å². The van der Waals surface area contributed by atoms with E-state index in [4.69, 9.17) is 4.74 Å². The second-order valence-corrected chi connectivity index (χ2v) is 2.59. The molecule has 0 spiro atoms. The number of esters is 1. The first kappa shape index (κ1) is 12.7. The largest absolute Gasteiger partial charge is 0.462 e. The van der Waals surface area contributed by atoms with Crippen molar-refractivity contribution in [3.63, 3.8) is 0 Å². The first-order valence-electron chi connectivity index (χ1n) is 4.98. The summed E-state index contributed by atoms with van der Waals surface area (Å²) in [5.74, 6) is -0.252. The molecule has 2 heteroatoms. The Morgan fingerprint density at radius 3 is 2.14 bits per heavy atom. The normalized spacial score (nSPS) is 8.57. The van der Waals surface area contributed by atoms with Crippen LogP contribution in [0.15, 0.2) is 24.3 Å². The van der Waals surface area contributed by atoms with Crippen molar-refractivity contribution in [3.05, 3.63) is 35.4 Å². The topological polar surface area (TPSA) is 26.3 Å². The van der Waals surface area contributed by atoms with Gasteiger partial charge in [-0.1, -0.05) is 31.5 Å². The highest BCUT2D eigenvalue weighted by molar-refractivity contribution is 5.89. The molecule has 0 atom stereocenters. The van der Waals surface area contributed by atoms with Gasteiger partial charge in [0, 0.05) is 0 Å². The van der Waals surface area contributed by atoms with Gasteiger partial charge in [-0.25, -0.2) is 4.79 Å². The van der Waals surface area contributed by atoms with Crippen LogP contribution < -0.4 is 0 Å². The van der Waals surface area contributed by atoms with Gasteiger partial charge in [0.25, 0.3) is 0 Å². The molecule has 0 saturated carbocycles. The van der Waals surface area contributed by atoms with E-state index >= 15 is 0 Å². The summed E-state index contributed by atoms with van der Waals surface area (Å²) >= 11 is 0. The minimum Gasteiger partial charge on any atom is -0.462 e. The lowest BCUT2D eigenvalue weighted by Gasteiger charge is -2.00. The smallest absolute Gasteiger partial charge is 0.338 e. The van der Waals surface area contributed by atoms with Crippen LogP contribution in [-0.4, -0.2) is 12.6 Å². The first-order chi connectivity index (χ1) is 6.74. The second-order valence-electron chi connectivity index (χ2n) is 2.59. The van der Waals surface area contributed by atoms with E-state index in [9.17, 15) is 4.79 Å². The molecule has 0 saturated heterocycles. The van der Waals surface area contributed by atoms with Gasteiger partial charge >= 0.3 is 5.97 Å². The van der Waals surface area contributed by atoms with Crippen LogP contribution in [0, 0.1) is 6.92 Å². The van der Waals surface area contributed by atoms with Crippen molar-refractivity contribution in [1.82, 2.24) is 0 Å². The van der Waals surface area contributed by atoms with Crippen LogP contribution in [0.4, 0.5) is 0 Å². The molecule has 0 radical (unpaired) electrons. The van der Waals surface area contributed by atoms with Crippen molar-refractivity contribution < 1.29 is 9.53 Å². The molecule has 0 aliphatic carbocycles. The van der Waals surface area contributed by atoms with Gasteiger partial charge in [0.1, 0.15) is 0 Å². The third kappa shape index (κ3) is 4.08. The zero-order valence-electron chi connectivity index (χ0n) is 9.33. The number of carbonyl (C=O) groups is 1. The van der Waals surface area contributed by atoms with E-state index in [-0.39, 0.29) is 5.97 Å². The van der Waals surface area contributed by atoms with E-state index in [0.717, 1.165) is 5.56 Å². The highest BCUT2D eigenvalue weighted by Crippen LogP contribution is 2.04. The van der Waals surface area contributed by atoms with Crippen molar-refractivity contribution in [3.8, 4) is 0 Å². The molecule has 0 aliphatic rings. The molecule has 0 amide bonds. The fourth-order valence-electron chi connectivity index (χ4n) is 0.904. The Bertz CT molecular complexity index is 262. The number of ether oxygens (including phenoxy) is 1. The van der Waals surface area contributed by atoms with Crippen molar-refractivity contribution >= 4 is 5.97 Å². The van der Waals surface area contributed by atoms with E-state index in [2.05, 4.69) is 0 Å². The Morgan fingerprint density at radius 2 is 1.71 bits per heavy atom. The molecule has 0 heterocycles. The monoisotopic (exact) mass is 194 g/mol. The van der Waals surface area contributed by atoms with Gasteiger partial charge in [0.2, 0.25) is 0 Å². The summed E-state index contributed by atoms with van der Waals surface area (Å²) in [6.45, 7) is 8.20. The molecular weight excluding hydrogens is 176 g/mol. The zero-order valence-corrected chi connectivity index (χ0v) is 9.33. The van der Waals surface area contributed by atoms with Gasteiger partial charge in [-0.3, -0.25) is 0 Å². The van der Waals surface area contributed by atoms with Crippen LogP contribution in [0.3, 0.4) is 0 Å². The molecule has 14 heavy (non-hydrogen) atoms. The predicted molar refractivity (Wildman–Crippen MR) is 58.5 cm³/mol. The Balaban J connectivity index is 0.000000791. The van der Waals surface area contributed by atoms with Gasteiger partial charge in [0.15, 0.2) is 0 Å². The summed E-state index contributed by atoms with van der Waals surface area (Å²) < 4.78 is 4.83. The fraction of sp³-hybridized carbons (Fsp3) is 0.417. The van der Waals surface area contributed by atoms with Crippen LogP contribution in [0.2, 0.25) is 0 Å². The minimum atomic E-state index is -0.252. The molecule has 0 aliphatic heterocycles. The number of benzene rings is 1. The molecular formula is C12H18O2. The Hall–Kier alpha value is -1.31. The third-order valence-electron chi connectivity index (χ3n) is 1.56. The highest BCUT2D eigenvalue weighted by atomic mass is 16.5. The first-order valence-corrected chi connectivity index (χ1v) is 4.98. The Morgan fingerprint density at radius 1 is 1.21 bits per heavy atom. The maximum absolute atomic E-state index is 11.1. The van der Waals surface area contributed by atoms with Crippen LogP contribution in [0.5, 0.6) is 0 Å². The average molecular weight is 194 g/mol. The number of aryl methyl sites for hydroxylation is 1. The van der Waals surface area contributed by atoms with E-state index in [0.29, 0.717) is 12.2 Å². The number of rotatable bonds is 2. The quantitative estimate of drug-likeness (QED) is 0.676. The van der Waals surface area contributed by atoms with E-state index in [1.165, 1.54) is 0 Å². The van der Waals surface area contributed by atoms with Gasteiger partial charge < -0.3 is 4.74 Å². The van der Waals surface area contributed by atoms with Crippen LogP contribution in [-0.2, 0) is 4.74 Å². The standard InChI is InChI=1S/C10H12O2.C2H6/c1-3-12-10(11)9-6-4-8(2)5-7-9;1-2/h4-7H,3H2,1-2H3;1-2H3.